The Bertz CT molecular complexity index is 349. The molecule has 0 bridgehead atoms. The van der Waals surface area contributed by atoms with Gasteiger partial charge in [-0.1, -0.05) is 19.8 Å². The van der Waals surface area contributed by atoms with E-state index < -0.39 is 0 Å². The van der Waals surface area contributed by atoms with Crippen molar-refractivity contribution in [2.24, 2.45) is 11.7 Å². The molecule has 1 aliphatic rings. The largest absolute Gasteiger partial charge is 0.355 e. The summed E-state index contributed by atoms with van der Waals surface area (Å²) in [6.45, 7) is 2.79. The summed E-state index contributed by atoms with van der Waals surface area (Å²) >= 11 is 0. The molecule has 1 saturated carbocycles. The molecule has 0 amide bonds. The van der Waals surface area contributed by atoms with Crippen molar-refractivity contribution in [1.29, 1.82) is 0 Å². The molecule has 0 spiro atoms. The molecule has 0 aliphatic heterocycles. The highest BCUT2D eigenvalue weighted by Crippen LogP contribution is 2.28. The van der Waals surface area contributed by atoms with Gasteiger partial charge in [0.2, 0.25) is 0 Å². The van der Waals surface area contributed by atoms with E-state index in [0.717, 1.165) is 17.4 Å². The molecule has 4 nitrogen and oxygen atoms in total. The maximum Gasteiger partial charge on any atom is 0.151 e. The SMILES string of the molecule is CC1CCCC(N(C)c2ccc(CN)nn2)C1. The van der Waals surface area contributed by atoms with Crippen molar-refractivity contribution >= 4 is 5.82 Å². The number of hydrogen-bond donors (Lipinski definition) is 1. The van der Waals surface area contributed by atoms with E-state index in [4.69, 9.17) is 5.73 Å². The first kappa shape index (κ1) is 12.3. The van der Waals surface area contributed by atoms with E-state index in [-0.39, 0.29) is 0 Å². The van der Waals surface area contributed by atoms with Crippen LogP contribution in [0.15, 0.2) is 12.1 Å². The molecular weight excluding hydrogens is 212 g/mol. The molecule has 2 rings (SSSR count). The average Bonchev–Trinajstić information content (AvgIpc) is 2.38. The maximum absolute atomic E-state index is 5.52. The van der Waals surface area contributed by atoms with Crippen molar-refractivity contribution in [3.63, 3.8) is 0 Å². The smallest absolute Gasteiger partial charge is 0.151 e. The predicted molar refractivity (Wildman–Crippen MR) is 69.7 cm³/mol. The summed E-state index contributed by atoms with van der Waals surface area (Å²) in [7, 11) is 2.12. The fraction of sp³-hybridized carbons (Fsp3) is 0.692. The zero-order valence-corrected chi connectivity index (χ0v) is 10.8. The van der Waals surface area contributed by atoms with E-state index in [1.165, 1.54) is 25.7 Å². The zero-order valence-electron chi connectivity index (χ0n) is 10.8. The summed E-state index contributed by atoms with van der Waals surface area (Å²) in [6, 6.07) is 4.59. The minimum absolute atomic E-state index is 0.456. The van der Waals surface area contributed by atoms with Gasteiger partial charge in [0.05, 0.1) is 5.69 Å². The van der Waals surface area contributed by atoms with Crippen LogP contribution in [-0.2, 0) is 6.54 Å². The Morgan fingerprint density at radius 2 is 2.18 bits per heavy atom. The van der Waals surface area contributed by atoms with E-state index in [1.54, 1.807) is 0 Å². The van der Waals surface area contributed by atoms with Crippen LogP contribution in [-0.4, -0.2) is 23.3 Å². The number of nitrogens with zero attached hydrogens (tertiary/aromatic N) is 3. The van der Waals surface area contributed by atoms with Gasteiger partial charge in [-0.2, -0.15) is 5.10 Å². The molecule has 2 N–H and O–H groups in total. The first-order valence-electron chi connectivity index (χ1n) is 6.46. The quantitative estimate of drug-likeness (QED) is 0.868. The molecule has 4 heteroatoms. The number of aromatic nitrogens is 2. The number of rotatable bonds is 3. The molecule has 1 aromatic rings. The van der Waals surface area contributed by atoms with Crippen LogP contribution in [0.2, 0.25) is 0 Å². The van der Waals surface area contributed by atoms with Crippen LogP contribution in [0, 0.1) is 5.92 Å². The molecule has 0 aromatic carbocycles. The van der Waals surface area contributed by atoms with Crippen molar-refractivity contribution in [2.45, 2.75) is 45.2 Å². The highest BCUT2D eigenvalue weighted by Gasteiger charge is 2.23. The third kappa shape index (κ3) is 2.94. The van der Waals surface area contributed by atoms with E-state index in [0.29, 0.717) is 12.6 Å². The van der Waals surface area contributed by atoms with Gasteiger partial charge in [0.1, 0.15) is 0 Å². The summed E-state index contributed by atoms with van der Waals surface area (Å²) in [5.74, 6) is 1.79. The third-order valence-corrected chi connectivity index (χ3v) is 3.73. The van der Waals surface area contributed by atoms with E-state index in [1.807, 2.05) is 12.1 Å². The second-order valence-corrected chi connectivity index (χ2v) is 5.12. The molecular formula is C13H22N4. The molecule has 1 fully saturated rings. The van der Waals surface area contributed by atoms with Crippen molar-refractivity contribution < 1.29 is 0 Å². The molecule has 94 valence electrons. The zero-order chi connectivity index (χ0) is 12.3. The summed E-state index contributed by atoms with van der Waals surface area (Å²) in [6.07, 6.45) is 5.21. The monoisotopic (exact) mass is 234 g/mol. The van der Waals surface area contributed by atoms with Crippen LogP contribution in [0.4, 0.5) is 5.82 Å². The van der Waals surface area contributed by atoms with Crippen molar-refractivity contribution in [3.8, 4) is 0 Å². The van der Waals surface area contributed by atoms with Crippen molar-refractivity contribution in [2.75, 3.05) is 11.9 Å². The number of anilines is 1. The minimum atomic E-state index is 0.456. The highest BCUT2D eigenvalue weighted by molar-refractivity contribution is 5.37. The lowest BCUT2D eigenvalue weighted by Gasteiger charge is -2.34. The molecule has 2 atom stereocenters. The van der Waals surface area contributed by atoms with E-state index in [9.17, 15) is 0 Å². The summed E-state index contributed by atoms with van der Waals surface area (Å²) in [4.78, 5) is 2.27. The van der Waals surface area contributed by atoms with E-state index >= 15 is 0 Å². The topological polar surface area (TPSA) is 55.0 Å². The van der Waals surface area contributed by atoms with Gasteiger partial charge in [-0.25, -0.2) is 0 Å². The van der Waals surface area contributed by atoms with Crippen molar-refractivity contribution in [1.82, 2.24) is 10.2 Å². The van der Waals surface area contributed by atoms with Gasteiger partial charge in [-0.15, -0.1) is 5.10 Å². The lowest BCUT2D eigenvalue weighted by Crippen LogP contribution is -2.36. The van der Waals surface area contributed by atoms with Gasteiger partial charge in [-0.3, -0.25) is 0 Å². The van der Waals surface area contributed by atoms with Gasteiger partial charge in [0, 0.05) is 19.6 Å². The lowest BCUT2D eigenvalue weighted by molar-refractivity contribution is 0.335. The van der Waals surface area contributed by atoms with Crippen LogP contribution < -0.4 is 10.6 Å². The van der Waals surface area contributed by atoms with Crippen molar-refractivity contribution in [3.05, 3.63) is 17.8 Å². The van der Waals surface area contributed by atoms with Crippen LogP contribution in [0.5, 0.6) is 0 Å². The van der Waals surface area contributed by atoms with Gasteiger partial charge in [0.25, 0.3) is 0 Å². The number of hydrogen-bond acceptors (Lipinski definition) is 4. The summed E-state index contributed by atoms with van der Waals surface area (Å²) < 4.78 is 0. The Labute approximate surface area is 103 Å². The molecule has 1 aromatic heterocycles. The number of nitrogens with two attached hydrogens (primary N) is 1. The molecule has 1 aliphatic carbocycles. The summed E-state index contributed by atoms with van der Waals surface area (Å²) in [5, 5.41) is 8.36. The standard InChI is InChI=1S/C13H22N4/c1-10-4-3-5-12(8-10)17(2)13-7-6-11(9-14)15-16-13/h6-7,10,12H,3-5,8-9,14H2,1-2H3. The van der Waals surface area contributed by atoms with Gasteiger partial charge >= 0.3 is 0 Å². The predicted octanol–water partition coefficient (Wildman–Crippen LogP) is 1.95. The average molecular weight is 234 g/mol. The van der Waals surface area contributed by atoms with Crippen LogP contribution in [0.25, 0.3) is 0 Å². The molecule has 1 heterocycles. The molecule has 0 radical (unpaired) electrons. The van der Waals surface area contributed by atoms with Gasteiger partial charge < -0.3 is 10.6 Å². The van der Waals surface area contributed by atoms with Crippen LogP contribution in [0.1, 0.15) is 38.3 Å². The first-order chi connectivity index (χ1) is 8.20. The van der Waals surface area contributed by atoms with Gasteiger partial charge in [0.15, 0.2) is 5.82 Å². The fourth-order valence-electron chi connectivity index (χ4n) is 2.59. The van der Waals surface area contributed by atoms with Gasteiger partial charge in [-0.05, 0) is 30.9 Å². The second-order valence-electron chi connectivity index (χ2n) is 5.12. The van der Waals surface area contributed by atoms with E-state index in [2.05, 4.69) is 29.1 Å². The van der Waals surface area contributed by atoms with Crippen LogP contribution in [0.3, 0.4) is 0 Å². The fourth-order valence-corrected chi connectivity index (χ4v) is 2.59. The maximum atomic E-state index is 5.52. The highest BCUT2D eigenvalue weighted by atomic mass is 15.3. The Balaban J connectivity index is 2.04. The molecule has 17 heavy (non-hydrogen) atoms. The Hall–Kier alpha value is -1.16. The Morgan fingerprint density at radius 3 is 2.76 bits per heavy atom. The second kappa shape index (κ2) is 5.45. The summed E-state index contributed by atoms with van der Waals surface area (Å²) in [5.41, 5.74) is 6.37. The first-order valence-corrected chi connectivity index (χ1v) is 6.46. The third-order valence-electron chi connectivity index (χ3n) is 3.73. The molecule has 0 saturated heterocycles. The minimum Gasteiger partial charge on any atom is -0.355 e. The van der Waals surface area contributed by atoms with Crippen LogP contribution >= 0.6 is 0 Å². The normalized spacial score (nSPS) is 24.6. The lowest BCUT2D eigenvalue weighted by atomic mass is 9.86. The Kier molecular flexibility index (Phi) is 3.94. The molecule has 2 unspecified atom stereocenters. The Morgan fingerprint density at radius 1 is 1.35 bits per heavy atom.